The highest BCUT2D eigenvalue weighted by molar-refractivity contribution is 6.30. The molecule has 15 heavy (non-hydrogen) atoms. The minimum Gasteiger partial charge on any atom is -0.344 e. The van der Waals surface area contributed by atoms with E-state index in [2.05, 4.69) is 0 Å². The molecule has 0 aliphatic heterocycles. The summed E-state index contributed by atoms with van der Waals surface area (Å²) in [5.41, 5.74) is 6.42. The average molecular weight is 227 g/mol. The molecular weight excluding hydrogens is 212 g/mol. The highest BCUT2D eigenvalue weighted by atomic mass is 35.5. The van der Waals surface area contributed by atoms with Gasteiger partial charge in [-0.05, 0) is 24.1 Å². The van der Waals surface area contributed by atoms with Crippen molar-refractivity contribution in [1.82, 2.24) is 4.90 Å². The van der Waals surface area contributed by atoms with Crippen LogP contribution in [0.25, 0.3) is 0 Å². The Kier molecular flexibility index (Phi) is 4.59. The third kappa shape index (κ3) is 3.90. The summed E-state index contributed by atoms with van der Waals surface area (Å²) in [5, 5.41) is 0.727. The van der Waals surface area contributed by atoms with Gasteiger partial charge in [0.1, 0.15) is 0 Å². The predicted octanol–water partition coefficient (Wildman–Crippen LogP) is 1.30. The van der Waals surface area contributed by atoms with Crippen molar-refractivity contribution in [1.29, 1.82) is 0 Å². The van der Waals surface area contributed by atoms with Crippen molar-refractivity contribution >= 4 is 17.5 Å². The number of nitrogens with zero attached hydrogens (tertiary/aromatic N) is 1. The van der Waals surface area contributed by atoms with Crippen LogP contribution in [0, 0.1) is 0 Å². The van der Waals surface area contributed by atoms with Gasteiger partial charge in [0.2, 0.25) is 5.91 Å². The van der Waals surface area contributed by atoms with Crippen LogP contribution in [-0.2, 0) is 11.2 Å². The van der Waals surface area contributed by atoms with E-state index in [-0.39, 0.29) is 12.5 Å². The summed E-state index contributed by atoms with van der Waals surface area (Å²) in [6, 6.07) is 7.62. The molecule has 0 fully saturated rings. The standard InChI is InChI=1S/C11H15ClN2O/c1-14(11(15)8-13)7-6-9-2-4-10(12)5-3-9/h2-5H,6-8,13H2,1H3. The Labute approximate surface area is 94.8 Å². The minimum atomic E-state index is -0.0380. The number of halogens is 1. The molecule has 0 aliphatic rings. The van der Waals surface area contributed by atoms with E-state index in [9.17, 15) is 4.79 Å². The molecule has 0 aliphatic carbocycles. The van der Waals surface area contributed by atoms with Crippen molar-refractivity contribution in [3.05, 3.63) is 34.9 Å². The van der Waals surface area contributed by atoms with Crippen LogP contribution in [0.5, 0.6) is 0 Å². The molecule has 2 N–H and O–H groups in total. The molecule has 0 heterocycles. The average Bonchev–Trinajstić information content (AvgIpc) is 2.26. The molecule has 1 amide bonds. The molecule has 3 nitrogen and oxygen atoms in total. The molecule has 0 spiro atoms. The molecule has 4 heteroatoms. The van der Waals surface area contributed by atoms with Crippen LogP contribution in [-0.4, -0.2) is 30.9 Å². The highest BCUT2D eigenvalue weighted by Gasteiger charge is 2.05. The summed E-state index contributed by atoms with van der Waals surface area (Å²) in [4.78, 5) is 12.8. The van der Waals surface area contributed by atoms with Crippen molar-refractivity contribution in [2.75, 3.05) is 20.1 Å². The fourth-order valence-corrected chi connectivity index (χ4v) is 1.35. The first-order valence-corrected chi connectivity index (χ1v) is 5.19. The first-order valence-electron chi connectivity index (χ1n) is 4.82. The lowest BCUT2D eigenvalue weighted by molar-refractivity contribution is -0.128. The number of amides is 1. The maximum absolute atomic E-state index is 11.2. The van der Waals surface area contributed by atoms with E-state index in [1.807, 2.05) is 24.3 Å². The highest BCUT2D eigenvalue weighted by Crippen LogP contribution is 2.10. The van der Waals surface area contributed by atoms with Gasteiger partial charge in [-0.1, -0.05) is 23.7 Å². The van der Waals surface area contributed by atoms with Gasteiger partial charge in [-0.3, -0.25) is 4.79 Å². The summed E-state index contributed by atoms with van der Waals surface area (Å²) in [5.74, 6) is -0.0380. The largest absolute Gasteiger partial charge is 0.344 e. The fourth-order valence-electron chi connectivity index (χ4n) is 1.23. The van der Waals surface area contributed by atoms with Gasteiger partial charge in [-0.25, -0.2) is 0 Å². The molecule has 0 saturated heterocycles. The first-order chi connectivity index (χ1) is 7.13. The van der Waals surface area contributed by atoms with Crippen LogP contribution in [0.15, 0.2) is 24.3 Å². The second kappa shape index (κ2) is 5.73. The van der Waals surface area contributed by atoms with E-state index in [1.54, 1.807) is 11.9 Å². The number of carbonyl (C=O) groups is 1. The molecule has 0 aromatic heterocycles. The van der Waals surface area contributed by atoms with Gasteiger partial charge >= 0.3 is 0 Å². The fraction of sp³-hybridized carbons (Fsp3) is 0.364. The molecule has 1 rings (SSSR count). The lowest BCUT2D eigenvalue weighted by Gasteiger charge is -2.15. The van der Waals surface area contributed by atoms with E-state index < -0.39 is 0 Å². The van der Waals surface area contributed by atoms with Crippen molar-refractivity contribution in [3.63, 3.8) is 0 Å². The number of nitrogens with two attached hydrogens (primary N) is 1. The van der Waals surface area contributed by atoms with Crippen LogP contribution >= 0.6 is 11.6 Å². The molecule has 82 valence electrons. The zero-order chi connectivity index (χ0) is 11.3. The van der Waals surface area contributed by atoms with Gasteiger partial charge in [0, 0.05) is 18.6 Å². The van der Waals surface area contributed by atoms with Crippen molar-refractivity contribution < 1.29 is 4.79 Å². The number of hydrogen-bond donors (Lipinski definition) is 1. The Morgan fingerprint density at radius 2 is 2.00 bits per heavy atom. The van der Waals surface area contributed by atoms with Gasteiger partial charge in [-0.15, -0.1) is 0 Å². The topological polar surface area (TPSA) is 46.3 Å². The molecule has 0 saturated carbocycles. The Morgan fingerprint density at radius 3 is 2.53 bits per heavy atom. The molecule has 0 bridgehead atoms. The van der Waals surface area contributed by atoms with Crippen molar-refractivity contribution in [2.45, 2.75) is 6.42 Å². The predicted molar refractivity (Wildman–Crippen MR) is 61.8 cm³/mol. The van der Waals surface area contributed by atoms with Gasteiger partial charge in [0.15, 0.2) is 0 Å². The minimum absolute atomic E-state index is 0.0380. The Bertz CT molecular complexity index is 324. The zero-order valence-electron chi connectivity index (χ0n) is 8.74. The normalized spacial score (nSPS) is 10.1. The number of carbonyl (C=O) groups excluding carboxylic acids is 1. The maximum Gasteiger partial charge on any atom is 0.236 e. The smallest absolute Gasteiger partial charge is 0.236 e. The van der Waals surface area contributed by atoms with E-state index in [4.69, 9.17) is 17.3 Å². The van der Waals surface area contributed by atoms with E-state index in [0.717, 1.165) is 17.0 Å². The molecule has 0 unspecified atom stereocenters. The lowest BCUT2D eigenvalue weighted by atomic mass is 10.1. The number of rotatable bonds is 4. The van der Waals surface area contributed by atoms with E-state index in [0.29, 0.717) is 6.54 Å². The molecular formula is C11H15ClN2O. The van der Waals surface area contributed by atoms with E-state index >= 15 is 0 Å². The monoisotopic (exact) mass is 226 g/mol. The zero-order valence-corrected chi connectivity index (χ0v) is 9.50. The second-order valence-electron chi connectivity index (χ2n) is 3.40. The maximum atomic E-state index is 11.2. The lowest BCUT2D eigenvalue weighted by Crippen LogP contribution is -2.34. The van der Waals surface area contributed by atoms with Crippen molar-refractivity contribution in [3.8, 4) is 0 Å². The quantitative estimate of drug-likeness (QED) is 0.841. The Balaban J connectivity index is 2.43. The van der Waals surface area contributed by atoms with Crippen LogP contribution < -0.4 is 5.73 Å². The molecule has 0 atom stereocenters. The molecule has 1 aromatic rings. The van der Waals surface area contributed by atoms with Crippen LogP contribution in [0.4, 0.5) is 0 Å². The van der Waals surface area contributed by atoms with Gasteiger partial charge < -0.3 is 10.6 Å². The third-order valence-electron chi connectivity index (χ3n) is 2.25. The van der Waals surface area contributed by atoms with Crippen molar-refractivity contribution in [2.24, 2.45) is 5.73 Å². The Morgan fingerprint density at radius 1 is 1.40 bits per heavy atom. The summed E-state index contributed by atoms with van der Waals surface area (Å²) < 4.78 is 0. The SMILES string of the molecule is CN(CCc1ccc(Cl)cc1)C(=O)CN. The van der Waals surface area contributed by atoms with Gasteiger partial charge in [0.25, 0.3) is 0 Å². The van der Waals surface area contributed by atoms with Crippen LogP contribution in [0.1, 0.15) is 5.56 Å². The number of hydrogen-bond acceptors (Lipinski definition) is 2. The van der Waals surface area contributed by atoms with Crippen LogP contribution in [0.2, 0.25) is 5.02 Å². The summed E-state index contributed by atoms with van der Waals surface area (Å²) in [7, 11) is 1.76. The number of benzene rings is 1. The molecule has 0 radical (unpaired) electrons. The second-order valence-corrected chi connectivity index (χ2v) is 3.83. The van der Waals surface area contributed by atoms with Gasteiger partial charge in [-0.2, -0.15) is 0 Å². The van der Waals surface area contributed by atoms with E-state index in [1.165, 1.54) is 0 Å². The third-order valence-corrected chi connectivity index (χ3v) is 2.50. The summed E-state index contributed by atoms with van der Waals surface area (Å²) in [6.45, 7) is 0.745. The molecule has 1 aromatic carbocycles. The Hall–Kier alpha value is -1.06. The summed E-state index contributed by atoms with van der Waals surface area (Å²) in [6.07, 6.45) is 0.819. The number of likely N-dealkylation sites (N-methyl/N-ethyl adjacent to an activating group) is 1. The van der Waals surface area contributed by atoms with Crippen LogP contribution in [0.3, 0.4) is 0 Å². The first kappa shape index (κ1) is 12.0. The van der Waals surface area contributed by atoms with Gasteiger partial charge in [0.05, 0.1) is 6.54 Å². The summed E-state index contributed by atoms with van der Waals surface area (Å²) >= 11 is 5.77.